The number of H-pyrrole nitrogens is 2. The summed E-state index contributed by atoms with van der Waals surface area (Å²) in [7, 11) is 1.51. The van der Waals surface area contributed by atoms with Crippen LogP contribution in [0, 0.1) is 5.82 Å². The van der Waals surface area contributed by atoms with Gasteiger partial charge in [-0.15, -0.1) is 0 Å². The molecule has 4 aromatic heterocycles. The number of nitrogens with one attached hydrogen (secondary N) is 3. The van der Waals surface area contributed by atoms with Gasteiger partial charge in [-0.1, -0.05) is 6.08 Å². The second-order valence-electron chi connectivity index (χ2n) is 7.90. The van der Waals surface area contributed by atoms with Crippen molar-refractivity contribution < 1.29 is 9.13 Å². The predicted molar refractivity (Wildman–Crippen MR) is 124 cm³/mol. The third-order valence-electron chi connectivity index (χ3n) is 5.89. The Labute approximate surface area is 187 Å². The first-order chi connectivity index (χ1) is 16.2. The monoisotopic (exact) mass is 441 g/mol. The molecule has 164 valence electrons. The Bertz CT molecular complexity index is 1530. The largest absolute Gasteiger partial charge is 0.497 e. The van der Waals surface area contributed by atoms with Gasteiger partial charge in [-0.05, 0) is 53.9 Å². The lowest BCUT2D eigenvalue weighted by Crippen LogP contribution is -2.20. The first-order valence-electron chi connectivity index (χ1n) is 10.6. The van der Waals surface area contributed by atoms with Crippen LogP contribution in [0.4, 0.5) is 4.39 Å². The fourth-order valence-corrected chi connectivity index (χ4v) is 4.25. The van der Waals surface area contributed by atoms with Crippen molar-refractivity contribution in [3.8, 4) is 28.4 Å². The Hall–Kier alpha value is -4.11. The Morgan fingerprint density at radius 2 is 2.00 bits per heavy atom. The van der Waals surface area contributed by atoms with E-state index in [4.69, 9.17) is 4.74 Å². The lowest BCUT2D eigenvalue weighted by atomic mass is 10.0. The number of methoxy groups -OCH3 is 1. The van der Waals surface area contributed by atoms with Crippen LogP contribution in [0.1, 0.15) is 12.0 Å². The summed E-state index contributed by atoms with van der Waals surface area (Å²) in [6.07, 6.45) is 6.67. The summed E-state index contributed by atoms with van der Waals surface area (Å²) < 4.78 is 19.4. The van der Waals surface area contributed by atoms with E-state index in [-0.39, 0.29) is 5.82 Å². The molecule has 0 fully saturated rings. The van der Waals surface area contributed by atoms with Crippen LogP contribution in [-0.2, 0) is 0 Å². The van der Waals surface area contributed by atoms with Gasteiger partial charge < -0.3 is 15.0 Å². The Morgan fingerprint density at radius 1 is 1.06 bits per heavy atom. The van der Waals surface area contributed by atoms with Crippen molar-refractivity contribution in [2.75, 3.05) is 20.2 Å². The summed E-state index contributed by atoms with van der Waals surface area (Å²) in [5.41, 5.74) is 6.37. The fourth-order valence-electron chi connectivity index (χ4n) is 4.25. The number of benzene rings is 1. The molecule has 0 saturated carbocycles. The summed E-state index contributed by atoms with van der Waals surface area (Å²) >= 11 is 0. The standard InChI is InChI=1S/C24H20FN7O/c1-33-17-9-14(8-16(25)11-17)18-4-7-27-23-20(18)29-24(30-23)21-19-10-15(12-28-22(19)32-31-21)13-2-5-26-6-3-13/h2,4,7-12,26H,3,5-6H2,1H3,(H,27,29,30)(H,28,31,32). The van der Waals surface area contributed by atoms with Crippen molar-refractivity contribution in [2.45, 2.75) is 6.42 Å². The van der Waals surface area contributed by atoms with Crippen LogP contribution in [0.25, 0.3) is 50.4 Å². The number of fused-ring (bicyclic) bond motifs is 2. The molecular weight excluding hydrogens is 421 g/mol. The van der Waals surface area contributed by atoms with Crippen LogP contribution in [0.5, 0.6) is 5.75 Å². The molecule has 0 radical (unpaired) electrons. The van der Waals surface area contributed by atoms with E-state index >= 15 is 0 Å². The van der Waals surface area contributed by atoms with Gasteiger partial charge in [0.25, 0.3) is 0 Å². The van der Waals surface area contributed by atoms with Crippen molar-refractivity contribution in [2.24, 2.45) is 0 Å². The molecule has 0 aliphatic carbocycles. The Morgan fingerprint density at radius 3 is 2.85 bits per heavy atom. The molecule has 0 spiro atoms. The Balaban J connectivity index is 1.48. The highest BCUT2D eigenvalue weighted by Crippen LogP contribution is 2.33. The smallest absolute Gasteiger partial charge is 0.181 e. The van der Waals surface area contributed by atoms with Gasteiger partial charge in [0, 0.05) is 30.6 Å². The molecule has 5 heterocycles. The molecule has 0 unspecified atom stereocenters. The lowest BCUT2D eigenvalue weighted by molar-refractivity contribution is 0.411. The van der Waals surface area contributed by atoms with E-state index < -0.39 is 0 Å². The minimum atomic E-state index is -0.376. The molecule has 5 aromatic rings. The quantitative estimate of drug-likeness (QED) is 0.388. The Kier molecular flexibility index (Phi) is 4.62. The van der Waals surface area contributed by atoms with Gasteiger partial charge in [0.05, 0.1) is 18.0 Å². The third-order valence-corrected chi connectivity index (χ3v) is 5.89. The van der Waals surface area contributed by atoms with Crippen molar-refractivity contribution in [3.63, 3.8) is 0 Å². The predicted octanol–water partition coefficient (Wildman–Crippen LogP) is 4.09. The zero-order chi connectivity index (χ0) is 22.4. The summed E-state index contributed by atoms with van der Waals surface area (Å²) in [5, 5.41) is 11.6. The second-order valence-corrected chi connectivity index (χ2v) is 7.90. The molecule has 3 N–H and O–H groups in total. The van der Waals surface area contributed by atoms with Gasteiger partial charge in [0.15, 0.2) is 17.1 Å². The van der Waals surface area contributed by atoms with Crippen molar-refractivity contribution in [3.05, 3.63) is 60.2 Å². The van der Waals surface area contributed by atoms with Gasteiger partial charge in [0.1, 0.15) is 17.3 Å². The number of nitrogens with zero attached hydrogens (tertiary/aromatic N) is 4. The second kappa shape index (κ2) is 7.79. The number of hydrogen-bond donors (Lipinski definition) is 3. The van der Waals surface area contributed by atoms with Gasteiger partial charge in [-0.2, -0.15) is 5.10 Å². The van der Waals surface area contributed by atoms with Gasteiger partial charge in [0.2, 0.25) is 0 Å². The van der Waals surface area contributed by atoms with Crippen LogP contribution in [-0.4, -0.2) is 50.3 Å². The average Bonchev–Trinajstić information content (AvgIpc) is 3.47. The molecule has 9 heteroatoms. The van der Waals surface area contributed by atoms with Crippen LogP contribution in [0.3, 0.4) is 0 Å². The highest BCUT2D eigenvalue weighted by Gasteiger charge is 2.17. The van der Waals surface area contributed by atoms with Crippen LogP contribution >= 0.6 is 0 Å². The number of rotatable bonds is 4. The van der Waals surface area contributed by atoms with E-state index in [2.05, 4.69) is 47.6 Å². The van der Waals surface area contributed by atoms with Gasteiger partial charge in [-0.3, -0.25) is 5.10 Å². The molecule has 1 aliphatic rings. The number of aromatic nitrogens is 6. The molecular formula is C24H20FN7O. The maximum Gasteiger partial charge on any atom is 0.181 e. The maximum atomic E-state index is 14.1. The first kappa shape index (κ1) is 19.6. The number of hydrogen-bond acceptors (Lipinski definition) is 6. The highest BCUT2D eigenvalue weighted by atomic mass is 19.1. The van der Waals surface area contributed by atoms with E-state index in [0.29, 0.717) is 33.9 Å². The topological polar surface area (TPSA) is 104 Å². The molecule has 6 rings (SSSR count). The summed E-state index contributed by atoms with van der Waals surface area (Å²) in [5.74, 6) is 0.661. The van der Waals surface area contributed by atoms with E-state index in [9.17, 15) is 4.39 Å². The molecule has 1 aliphatic heterocycles. The molecule has 8 nitrogen and oxygen atoms in total. The van der Waals surface area contributed by atoms with Gasteiger partial charge in [-0.25, -0.2) is 19.3 Å². The number of halogens is 1. The number of imidazole rings is 1. The van der Waals surface area contributed by atoms with Crippen molar-refractivity contribution in [1.82, 2.24) is 35.5 Å². The number of pyridine rings is 2. The lowest BCUT2D eigenvalue weighted by Gasteiger charge is -2.13. The third kappa shape index (κ3) is 3.42. The molecule has 1 aromatic carbocycles. The van der Waals surface area contributed by atoms with Crippen molar-refractivity contribution in [1.29, 1.82) is 0 Å². The van der Waals surface area contributed by atoms with E-state index in [1.165, 1.54) is 24.8 Å². The molecule has 0 bridgehead atoms. The normalized spacial score (nSPS) is 14.1. The van der Waals surface area contributed by atoms with Gasteiger partial charge >= 0.3 is 0 Å². The zero-order valence-electron chi connectivity index (χ0n) is 17.8. The average molecular weight is 441 g/mol. The number of aromatic amines is 2. The van der Waals surface area contributed by atoms with Crippen molar-refractivity contribution >= 4 is 27.8 Å². The summed E-state index contributed by atoms with van der Waals surface area (Å²) in [6, 6.07) is 8.52. The minimum Gasteiger partial charge on any atom is -0.497 e. The highest BCUT2D eigenvalue weighted by molar-refractivity contribution is 5.95. The molecule has 33 heavy (non-hydrogen) atoms. The van der Waals surface area contributed by atoms with Crippen LogP contribution in [0.15, 0.2) is 48.8 Å². The first-order valence-corrected chi connectivity index (χ1v) is 10.6. The van der Waals surface area contributed by atoms with E-state index in [1.54, 1.807) is 12.3 Å². The number of ether oxygens (including phenoxy) is 1. The van der Waals surface area contributed by atoms with E-state index in [1.807, 2.05) is 12.3 Å². The fraction of sp³-hybridized carbons (Fsp3) is 0.167. The molecule has 0 amide bonds. The summed E-state index contributed by atoms with van der Waals surface area (Å²) in [4.78, 5) is 17.0. The minimum absolute atomic E-state index is 0.376. The zero-order valence-corrected chi connectivity index (χ0v) is 17.8. The van der Waals surface area contributed by atoms with E-state index in [0.717, 1.165) is 41.7 Å². The van der Waals surface area contributed by atoms with Crippen LogP contribution in [0.2, 0.25) is 0 Å². The van der Waals surface area contributed by atoms with Crippen LogP contribution < -0.4 is 10.1 Å². The molecule has 0 atom stereocenters. The SMILES string of the molecule is COc1cc(F)cc(-c2ccnc3nc(-c4[nH]nc5ncc(C6=CCNCC6)cc45)[nH]c23)c1. The molecule has 0 saturated heterocycles. The maximum absolute atomic E-state index is 14.1. The summed E-state index contributed by atoms with van der Waals surface area (Å²) in [6.45, 7) is 1.81.